The SMILES string of the molecule is N[C@H]1CCC2(C[C@H]1NC(=O)OCc1ccccc1)OCCO2. The van der Waals surface area contributed by atoms with Crippen LogP contribution in [0.3, 0.4) is 0 Å². The maximum absolute atomic E-state index is 12.0. The highest BCUT2D eigenvalue weighted by Gasteiger charge is 2.44. The second-order valence-electron chi connectivity index (χ2n) is 5.83. The van der Waals surface area contributed by atoms with Crippen LogP contribution in [-0.2, 0) is 20.8 Å². The van der Waals surface area contributed by atoms with Gasteiger partial charge in [0, 0.05) is 18.9 Å². The third kappa shape index (κ3) is 3.58. The molecular weight excluding hydrogens is 284 g/mol. The number of ether oxygens (including phenoxy) is 3. The molecule has 6 nitrogen and oxygen atoms in total. The van der Waals surface area contributed by atoms with E-state index in [0.29, 0.717) is 19.6 Å². The summed E-state index contributed by atoms with van der Waals surface area (Å²) < 4.78 is 16.6. The maximum Gasteiger partial charge on any atom is 0.407 e. The molecule has 2 atom stereocenters. The van der Waals surface area contributed by atoms with Gasteiger partial charge in [0.25, 0.3) is 0 Å². The Morgan fingerprint density at radius 3 is 2.77 bits per heavy atom. The van der Waals surface area contributed by atoms with E-state index in [1.54, 1.807) is 0 Å². The molecule has 1 aliphatic heterocycles. The molecule has 1 amide bonds. The van der Waals surface area contributed by atoms with Gasteiger partial charge in [0.1, 0.15) is 6.61 Å². The molecule has 1 aromatic carbocycles. The fourth-order valence-corrected chi connectivity index (χ4v) is 3.01. The Morgan fingerprint density at radius 1 is 1.32 bits per heavy atom. The number of amides is 1. The van der Waals surface area contributed by atoms with Crippen molar-refractivity contribution in [2.45, 2.75) is 43.7 Å². The number of hydrogen-bond acceptors (Lipinski definition) is 5. The molecule has 2 fully saturated rings. The lowest BCUT2D eigenvalue weighted by molar-refractivity contribution is -0.183. The second kappa shape index (κ2) is 6.64. The van der Waals surface area contributed by atoms with Crippen LogP contribution in [0.5, 0.6) is 0 Å². The first-order chi connectivity index (χ1) is 10.7. The van der Waals surface area contributed by atoms with Crippen molar-refractivity contribution in [2.24, 2.45) is 5.73 Å². The van der Waals surface area contributed by atoms with Crippen LogP contribution >= 0.6 is 0 Å². The number of hydrogen-bond donors (Lipinski definition) is 2. The van der Waals surface area contributed by atoms with Crippen LogP contribution in [-0.4, -0.2) is 37.2 Å². The van der Waals surface area contributed by atoms with E-state index in [4.69, 9.17) is 19.9 Å². The van der Waals surface area contributed by atoms with Gasteiger partial charge >= 0.3 is 6.09 Å². The minimum absolute atomic E-state index is 0.109. The molecule has 1 spiro atoms. The van der Waals surface area contributed by atoms with E-state index in [1.807, 2.05) is 30.3 Å². The highest BCUT2D eigenvalue weighted by atomic mass is 16.7. The van der Waals surface area contributed by atoms with E-state index in [2.05, 4.69) is 5.32 Å². The summed E-state index contributed by atoms with van der Waals surface area (Å²) in [5.41, 5.74) is 7.05. The molecule has 22 heavy (non-hydrogen) atoms. The first kappa shape index (κ1) is 15.3. The summed E-state index contributed by atoms with van der Waals surface area (Å²) in [4.78, 5) is 12.0. The summed E-state index contributed by atoms with van der Waals surface area (Å²) in [6.45, 7) is 1.44. The minimum Gasteiger partial charge on any atom is -0.445 e. The summed E-state index contributed by atoms with van der Waals surface area (Å²) in [6, 6.07) is 9.26. The van der Waals surface area contributed by atoms with Gasteiger partial charge in [-0.05, 0) is 12.0 Å². The zero-order chi connectivity index (χ0) is 15.4. The van der Waals surface area contributed by atoms with Gasteiger partial charge in [-0.3, -0.25) is 0 Å². The Bertz CT molecular complexity index is 502. The van der Waals surface area contributed by atoms with Crippen molar-refractivity contribution in [2.75, 3.05) is 13.2 Å². The number of rotatable bonds is 3. The van der Waals surface area contributed by atoms with Gasteiger partial charge < -0.3 is 25.3 Å². The van der Waals surface area contributed by atoms with Crippen molar-refractivity contribution in [3.63, 3.8) is 0 Å². The minimum atomic E-state index is -0.576. The molecule has 0 radical (unpaired) electrons. The maximum atomic E-state index is 12.0. The molecule has 0 bridgehead atoms. The normalized spacial score (nSPS) is 26.8. The van der Waals surface area contributed by atoms with Crippen molar-refractivity contribution in [3.05, 3.63) is 35.9 Å². The molecule has 1 aliphatic carbocycles. The summed E-state index contributed by atoms with van der Waals surface area (Å²) in [6.07, 6.45) is 1.63. The Hall–Kier alpha value is -1.63. The number of benzene rings is 1. The molecule has 3 rings (SSSR count). The van der Waals surface area contributed by atoms with Crippen LogP contribution in [0.15, 0.2) is 30.3 Å². The van der Waals surface area contributed by atoms with Crippen LogP contribution in [0.1, 0.15) is 24.8 Å². The van der Waals surface area contributed by atoms with Crippen LogP contribution in [0, 0.1) is 0 Å². The van der Waals surface area contributed by atoms with E-state index < -0.39 is 11.9 Å². The molecule has 120 valence electrons. The molecular formula is C16H22N2O4. The van der Waals surface area contributed by atoms with Crippen LogP contribution in [0.2, 0.25) is 0 Å². The van der Waals surface area contributed by atoms with Gasteiger partial charge in [-0.2, -0.15) is 0 Å². The topological polar surface area (TPSA) is 82.8 Å². The highest BCUT2D eigenvalue weighted by Crippen LogP contribution is 2.35. The molecule has 1 saturated carbocycles. The molecule has 0 aromatic heterocycles. The molecule has 2 aliphatic rings. The number of nitrogens with one attached hydrogen (secondary N) is 1. The van der Waals surface area contributed by atoms with Crippen LogP contribution in [0.4, 0.5) is 4.79 Å². The average Bonchev–Trinajstić information content (AvgIpc) is 2.98. The van der Waals surface area contributed by atoms with Crippen molar-refractivity contribution in [3.8, 4) is 0 Å². The Kier molecular flexibility index (Phi) is 4.61. The van der Waals surface area contributed by atoms with Gasteiger partial charge in [-0.1, -0.05) is 30.3 Å². The lowest BCUT2D eigenvalue weighted by Crippen LogP contribution is -2.56. The number of alkyl carbamates (subject to hydrolysis) is 1. The molecule has 1 saturated heterocycles. The molecule has 0 unspecified atom stereocenters. The summed E-state index contributed by atoms with van der Waals surface area (Å²) in [5, 5.41) is 2.84. The second-order valence-corrected chi connectivity index (χ2v) is 5.83. The molecule has 1 aromatic rings. The van der Waals surface area contributed by atoms with Gasteiger partial charge in [0.15, 0.2) is 5.79 Å². The molecule has 3 N–H and O–H groups in total. The van der Waals surface area contributed by atoms with Crippen molar-refractivity contribution in [1.29, 1.82) is 0 Å². The van der Waals surface area contributed by atoms with Crippen molar-refractivity contribution in [1.82, 2.24) is 5.32 Å². The van der Waals surface area contributed by atoms with E-state index >= 15 is 0 Å². The lowest BCUT2D eigenvalue weighted by Gasteiger charge is -2.39. The Morgan fingerprint density at radius 2 is 2.05 bits per heavy atom. The number of carbonyl (C=O) groups excluding carboxylic acids is 1. The third-order valence-electron chi connectivity index (χ3n) is 4.24. The largest absolute Gasteiger partial charge is 0.445 e. The standard InChI is InChI=1S/C16H22N2O4/c17-13-6-7-16(21-8-9-22-16)10-14(13)18-15(19)20-11-12-4-2-1-3-5-12/h1-5,13-14H,6-11,17H2,(H,18,19)/t13-,14+/m0/s1. The summed E-state index contributed by atoms with van der Waals surface area (Å²) >= 11 is 0. The predicted molar refractivity (Wildman–Crippen MR) is 80.0 cm³/mol. The number of carbonyl (C=O) groups is 1. The number of nitrogens with two attached hydrogens (primary N) is 1. The summed E-state index contributed by atoms with van der Waals surface area (Å²) in [5.74, 6) is -0.576. The average molecular weight is 306 g/mol. The highest BCUT2D eigenvalue weighted by molar-refractivity contribution is 5.67. The Labute approximate surface area is 129 Å². The third-order valence-corrected chi connectivity index (χ3v) is 4.24. The first-order valence-corrected chi connectivity index (χ1v) is 7.68. The van der Waals surface area contributed by atoms with Crippen LogP contribution < -0.4 is 11.1 Å². The van der Waals surface area contributed by atoms with E-state index in [-0.39, 0.29) is 18.7 Å². The zero-order valence-corrected chi connectivity index (χ0v) is 12.5. The summed E-state index contributed by atoms with van der Waals surface area (Å²) in [7, 11) is 0. The van der Waals surface area contributed by atoms with E-state index in [1.165, 1.54) is 0 Å². The Balaban J connectivity index is 1.51. The van der Waals surface area contributed by atoms with Gasteiger partial charge in [-0.15, -0.1) is 0 Å². The van der Waals surface area contributed by atoms with Crippen LogP contribution in [0.25, 0.3) is 0 Å². The van der Waals surface area contributed by atoms with Gasteiger partial charge in [0.05, 0.1) is 19.3 Å². The smallest absolute Gasteiger partial charge is 0.407 e. The monoisotopic (exact) mass is 306 g/mol. The van der Waals surface area contributed by atoms with Crippen molar-refractivity contribution < 1.29 is 19.0 Å². The quantitative estimate of drug-likeness (QED) is 0.885. The van der Waals surface area contributed by atoms with Gasteiger partial charge in [0.2, 0.25) is 0 Å². The van der Waals surface area contributed by atoms with Crippen molar-refractivity contribution >= 4 is 6.09 Å². The predicted octanol–water partition coefficient (Wildman–Crippen LogP) is 1.54. The fourth-order valence-electron chi connectivity index (χ4n) is 3.01. The van der Waals surface area contributed by atoms with Gasteiger partial charge in [-0.25, -0.2) is 4.79 Å². The van der Waals surface area contributed by atoms with E-state index in [0.717, 1.165) is 18.4 Å². The first-order valence-electron chi connectivity index (χ1n) is 7.68. The molecule has 1 heterocycles. The zero-order valence-electron chi connectivity index (χ0n) is 12.5. The lowest BCUT2D eigenvalue weighted by atomic mass is 9.86. The van der Waals surface area contributed by atoms with E-state index in [9.17, 15) is 4.79 Å². The fraction of sp³-hybridized carbons (Fsp3) is 0.562. The molecule has 6 heteroatoms.